The third-order valence-corrected chi connectivity index (χ3v) is 4.42. The quantitative estimate of drug-likeness (QED) is 0.798. The van der Waals surface area contributed by atoms with Crippen molar-refractivity contribution in [2.24, 2.45) is 5.92 Å². The first kappa shape index (κ1) is 15.9. The molecule has 24 heavy (non-hydrogen) atoms. The third kappa shape index (κ3) is 2.38. The fourth-order valence-corrected chi connectivity index (χ4v) is 3.01. The maximum absolute atomic E-state index is 12.9. The van der Waals surface area contributed by atoms with Crippen molar-refractivity contribution in [1.82, 2.24) is 0 Å². The number of para-hydroxylation sites is 1. The lowest BCUT2D eigenvalue weighted by atomic mass is 9.87. The highest BCUT2D eigenvalue weighted by molar-refractivity contribution is 6.33. The van der Waals surface area contributed by atoms with Gasteiger partial charge in [0.2, 0.25) is 11.8 Å². The molecule has 1 aliphatic heterocycles. The second-order valence-electron chi connectivity index (χ2n) is 5.90. The molecule has 0 aliphatic carbocycles. The van der Waals surface area contributed by atoms with Crippen LogP contribution >= 0.6 is 0 Å². The number of hydrogen-bond donors (Lipinski definition) is 0. The molecule has 1 unspecified atom stereocenters. The molecule has 0 saturated heterocycles. The Labute approximate surface area is 140 Å². The molecule has 0 N–H and O–H groups in total. The maximum Gasteiger partial charge on any atom is 0.247 e. The summed E-state index contributed by atoms with van der Waals surface area (Å²) in [5.41, 5.74) is 2.40. The minimum absolute atomic E-state index is 0.431. The molecule has 5 heteroatoms. The van der Waals surface area contributed by atoms with E-state index in [1.165, 1.54) is 9.80 Å². The molecule has 0 saturated carbocycles. The second-order valence-corrected chi connectivity index (χ2v) is 5.90. The number of benzene rings is 2. The van der Waals surface area contributed by atoms with Crippen molar-refractivity contribution >= 4 is 29.0 Å². The van der Waals surface area contributed by atoms with Gasteiger partial charge < -0.3 is 9.80 Å². The van der Waals surface area contributed by atoms with E-state index in [4.69, 9.17) is 0 Å². The molecule has 1 heterocycles. The summed E-state index contributed by atoms with van der Waals surface area (Å²) in [6, 6.07) is 14.3. The third-order valence-electron chi connectivity index (χ3n) is 4.42. The van der Waals surface area contributed by atoms with Crippen LogP contribution in [-0.4, -0.2) is 31.7 Å². The van der Waals surface area contributed by atoms with Crippen molar-refractivity contribution < 1.29 is 14.4 Å². The Morgan fingerprint density at radius 2 is 1.71 bits per heavy atom. The molecule has 2 aromatic rings. The van der Waals surface area contributed by atoms with Crippen LogP contribution in [0.15, 0.2) is 48.5 Å². The van der Waals surface area contributed by atoms with E-state index in [1.807, 2.05) is 19.1 Å². The van der Waals surface area contributed by atoms with E-state index in [0.717, 1.165) is 5.56 Å². The van der Waals surface area contributed by atoms with Crippen LogP contribution in [0.25, 0.3) is 0 Å². The molecule has 0 fully saturated rings. The van der Waals surface area contributed by atoms with Crippen LogP contribution in [0.5, 0.6) is 0 Å². The lowest BCUT2D eigenvalue weighted by Crippen LogP contribution is -2.50. The monoisotopic (exact) mass is 322 g/mol. The molecule has 122 valence electrons. The van der Waals surface area contributed by atoms with E-state index in [9.17, 15) is 14.4 Å². The van der Waals surface area contributed by atoms with Crippen molar-refractivity contribution in [3.63, 3.8) is 0 Å². The van der Waals surface area contributed by atoms with Gasteiger partial charge in [0.15, 0.2) is 11.7 Å². The fraction of sp³-hybridized carbons (Fsp3) is 0.211. The zero-order chi connectivity index (χ0) is 17.4. The number of nitrogens with zero attached hydrogens (tertiary/aromatic N) is 2. The van der Waals surface area contributed by atoms with Gasteiger partial charge in [0.05, 0.1) is 5.69 Å². The summed E-state index contributed by atoms with van der Waals surface area (Å²) in [4.78, 5) is 41.1. The minimum atomic E-state index is -1.34. The number of carbonyl (C=O) groups is 3. The zero-order valence-corrected chi connectivity index (χ0v) is 13.8. The molecule has 0 radical (unpaired) electrons. The molecule has 1 atom stereocenters. The Morgan fingerprint density at radius 3 is 2.38 bits per heavy atom. The van der Waals surface area contributed by atoms with Crippen LogP contribution in [0, 0.1) is 12.8 Å². The van der Waals surface area contributed by atoms with Crippen LogP contribution < -0.4 is 9.80 Å². The molecule has 0 bridgehead atoms. The highest BCUT2D eigenvalue weighted by Crippen LogP contribution is 2.33. The summed E-state index contributed by atoms with van der Waals surface area (Å²) in [6.45, 7) is 1.81. The Kier molecular flexibility index (Phi) is 3.93. The zero-order valence-electron chi connectivity index (χ0n) is 13.8. The first-order chi connectivity index (χ1) is 11.4. The second kappa shape index (κ2) is 5.92. The molecular weight excluding hydrogens is 304 g/mol. The van der Waals surface area contributed by atoms with E-state index >= 15 is 0 Å². The largest absolute Gasteiger partial charge is 0.314 e. The summed E-state index contributed by atoms with van der Waals surface area (Å²) < 4.78 is 0. The molecule has 0 aromatic heterocycles. The van der Waals surface area contributed by atoms with E-state index in [-0.39, 0.29) is 0 Å². The number of rotatable bonds is 2. The molecule has 2 aromatic carbocycles. The Balaban J connectivity index is 2.03. The topological polar surface area (TPSA) is 57.7 Å². The van der Waals surface area contributed by atoms with Gasteiger partial charge in [-0.15, -0.1) is 0 Å². The van der Waals surface area contributed by atoms with E-state index < -0.39 is 23.5 Å². The van der Waals surface area contributed by atoms with Gasteiger partial charge in [0, 0.05) is 25.3 Å². The Morgan fingerprint density at radius 1 is 1.04 bits per heavy atom. The summed E-state index contributed by atoms with van der Waals surface area (Å²) in [5, 5.41) is 0. The normalized spacial score (nSPS) is 16.8. The highest BCUT2D eigenvalue weighted by Gasteiger charge is 2.44. The summed E-state index contributed by atoms with van der Waals surface area (Å²) in [5.74, 6) is -2.78. The van der Waals surface area contributed by atoms with Crippen molar-refractivity contribution in [1.29, 1.82) is 0 Å². The maximum atomic E-state index is 12.9. The van der Waals surface area contributed by atoms with Gasteiger partial charge in [-0.25, -0.2) is 0 Å². The van der Waals surface area contributed by atoms with Gasteiger partial charge in [-0.1, -0.05) is 30.3 Å². The number of amides is 2. The van der Waals surface area contributed by atoms with Gasteiger partial charge in [0.1, 0.15) is 0 Å². The van der Waals surface area contributed by atoms with Crippen molar-refractivity contribution in [3.05, 3.63) is 59.7 Å². The van der Waals surface area contributed by atoms with Crippen molar-refractivity contribution in [2.45, 2.75) is 6.92 Å². The van der Waals surface area contributed by atoms with E-state index in [0.29, 0.717) is 16.9 Å². The van der Waals surface area contributed by atoms with Crippen LogP contribution in [0.2, 0.25) is 0 Å². The van der Waals surface area contributed by atoms with Crippen molar-refractivity contribution in [2.75, 3.05) is 23.9 Å². The van der Waals surface area contributed by atoms with Crippen LogP contribution in [-0.2, 0) is 9.59 Å². The predicted octanol–water partition coefficient (Wildman–Crippen LogP) is 2.43. The highest BCUT2D eigenvalue weighted by atomic mass is 16.2. The first-order valence-electron chi connectivity index (χ1n) is 7.67. The number of anilines is 2. The molecule has 3 rings (SSSR count). The van der Waals surface area contributed by atoms with Gasteiger partial charge >= 0.3 is 0 Å². The summed E-state index contributed by atoms with van der Waals surface area (Å²) in [6.07, 6.45) is 0. The molecule has 2 amide bonds. The lowest BCUT2D eigenvalue weighted by molar-refractivity contribution is -0.130. The first-order valence-corrected chi connectivity index (χ1v) is 7.67. The SMILES string of the molecule is Cc1cccc2c1C(=O)C(C(=O)N(C)c1ccccc1)C(=O)N2C. The molecule has 0 spiro atoms. The minimum Gasteiger partial charge on any atom is -0.314 e. The number of aryl methyl sites for hydroxylation is 1. The van der Waals surface area contributed by atoms with Gasteiger partial charge in [0.25, 0.3) is 0 Å². The molecular formula is C19H18N2O3. The Bertz CT molecular complexity index is 830. The standard InChI is InChI=1S/C19H18N2O3/c1-12-8-7-11-14-15(12)17(22)16(19(24)21(14)3)18(23)20(2)13-9-5-4-6-10-13/h4-11,16H,1-3H3. The number of ketones is 1. The average molecular weight is 322 g/mol. The smallest absolute Gasteiger partial charge is 0.247 e. The van der Waals surface area contributed by atoms with Gasteiger partial charge in [-0.05, 0) is 30.7 Å². The summed E-state index contributed by atoms with van der Waals surface area (Å²) in [7, 11) is 3.17. The van der Waals surface area contributed by atoms with E-state index in [1.54, 1.807) is 50.5 Å². The number of Topliss-reactive ketones (excluding diaryl/α,β-unsaturated/α-hetero) is 1. The van der Waals surface area contributed by atoms with Crippen LogP contribution in [0.1, 0.15) is 15.9 Å². The predicted molar refractivity (Wildman–Crippen MR) is 92.3 cm³/mol. The van der Waals surface area contributed by atoms with E-state index in [2.05, 4.69) is 0 Å². The fourth-order valence-electron chi connectivity index (χ4n) is 3.01. The molecule has 1 aliphatic rings. The number of carbonyl (C=O) groups excluding carboxylic acids is 3. The summed E-state index contributed by atoms with van der Waals surface area (Å²) >= 11 is 0. The average Bonchev–Trinajstić information content (AvgIpc) is 2.59. The van der Waals surface area contributed by atoms with Crippen LogP contribution in [0.3, 0.4) is 0 Å². The molecule has 5 nitrogen and oxygen atoms in total. The van der Waals surface area contributed by atoms with Gasteiger partial charge in [-0.2, -0.15) is 0 Å². The lowest BCUT2D eigenvalue weighted by Gasteiger charge is -2.32. The Hall–Kier alpha value is -2.95. The number of fused-ring (bicyclic) bond motifs is 1. The van der Waals surface area contributed by atoms with Crippen LogP contribution in [0.4, 0.5) is 11.4 Å². The van der Waals surface area contributed by atoms with Gasteiger partial charge in [-0.3, -0.25) is 14.4 Å². The van der Waals surface area contributed by atoms with Crippen molar-refractivity contribution in [3.8, 4) is 0 Å². The number of hydrogen-bond acceptors (Lipinski definition) is 3.